The van der Waals surface area contributed by atoms with Crippen LogP contribution in [0.4, 0.5) is 5.69 Å². The monoisotopic (exact) mass is 388 g/mol. The van der Waals surface area contributed by atoms with Gasteiger partial charge in [0.15, 0.2) is 0 Å². The molecule has 1 saturated heterocycles. The number of nitrogens with one attached hydrogen (secondary N) is 1. The maximum Gasteiger partial charge on any atom is 0.283 e. The number of amides is 1. The van der Waals surface area contributed by atoms with E-state index in [1.165, 1.54) is 17.8 Å². The van der Waals surface area contributed by atoms with Crippen molar-refractivity contribution in [2.75, 3.05) is 0 Å². The Labute approximate surface area is 158 Å². The van der Waals surface area contributed by atoms with Gasteiger partial charge >= 0.3 is 0 Å². The molecule has 0 aliphatic carbocycles. The van der Waals surface area contributed by atoms with Crippen LogP contribution in [0.1, 0.15) is 11.1 Å². The SMILES string of the molecule is Cc1ccc(Sc2ccc(/C=C3\SC(=S)NC3=O)cc2[N+](=O)[O-])cc1. The minimum atomic E-state index is -0.412. The molecule has 1 heterocycles. The van der Waals surface area contributed by atoms with Crippen molar-refractivity contribution >= 4 is 57.7 Å². The highest BCUT2D eigenvalue weighted by Crippen LogP contribution is 2.36. The van der Waals surface area contributed by atoms with E-state index in [-0.39, 0.29) is 11.6 Å². The van der Waals surface area contributed by atoms with Crippen molar-refractivity contribution in [3.05, 3.63) is 68.6 Å². The first-order chi connectivity index (χ1) is 11.9. The average molecular weight is 388 g/mol. The topological polar surface area (TPSA) is 72.2 Å². The molecule has 1 aliphatic heterocycles. The number of hydrogen-bond donors (Lipinski definition) is 1. The highest BCUT2D eigenvalue weighted by atomic mass is 32.2. The lowest BCUT2D eigenvalue weighted by Gasteiger charge is -2.05. The highest BCUT2D eigenvalue weighted by Gasteiger charge is 2.23. The molecule has 0 bridgehead atoms. The Kier molecular flexibility index (Phi) is 5.22. The maximum atomic E-state index is 11.7. The first-order valence-corrected chi connectivity index (χ1v) is 9.24. The summed E-state index contributed by atoms with van der Waals surface area (Å²) in [5.74, 6) is -0.282. The molecular formula is C17H12N2O3S3. The molecule has 2 aromatic carbocycles. The second-order valence-corrected chi connectivity index (χ2v) is 8.09. The van der Waals surface area contributed by atoms with Crippen LogP contribution in [0.25, 0.3) is 6.08 Å². The molecule has 8 heteroatoms. The fourth-order valence-corrected chi connectivity index (χ4v) is 4.10. The maximum absolute atomic E-state index is 11.7. The van der Waals surface area contributed by atoms with Crippen LogP contribution in [0.5, 0.6) is 0 Å². The minimum absolute atomic E-state index is 0.00547. The number of carbonyl (C=O) groups is 1. The van der Waals surface area contributed by atoms with Gasteiger partial charge in [0.1, 0.15) is 4.32 Å². The van der Waals surface area contributed by atoms with E-state index in [0.717, 1.165) is 22.2 Å². The number of nitrogens with zero attached hydrogens (tertiary/aromatic N) is 1. The van der Waals surface area contributed by atoms with Crippen molar-refractivity contribution in [3.63, 3.8) is 0 Å². The molecule has 1 amide bonds. The number of aryl methyl sites for hydroxylation is 1. The van der Waals surface area contributed by atoms with E-state index in [2.05, 4.69) is 5.32 Å². The first kappa shape index (κ1) is 17.7. The fourth-order valence-electron chi connectivity index (χ4n) is 2.16. The van der Waals surface area contributed by atoms with Gasteiger partial charge in [-0.3, -0.25) is 14.9 Å². The van der Waals surface area contributed by atoms with Gasteiger partial charge in [-0.25, -0.2) is 0 Å². The third-order valence-corrected chi connectivity index (χ3v) is 5.60. The van der Waals surface area contributed by atoms with Gasteiger partial charge in [0.05, 0.1) is 14.7 Å². The molecule has 1 N–H and O–H groups in total. The second-order valence-electron chi connectivity index (χ2n) is 5.25. The summed E-state index contributed by atoms with van der Waals surface area (Å²) >= 11 is 7.42. The zero-order valence-corrected chi connectivity index (χ0v) is 15.5. The van der Waals surface area contributed by atoms with Gasteiger partial charge in [0.25, 0.3) is 11.6 Å². The molecule has 0 spiro atoms. The van der Waals surface area contributed by atoms with Gasteiger partial charge in [-0.15, -0.1) is 0 Å². The molecule has 0 unspecified atom stereocenters. The van der Waals surface area contributed by atoms with Crippen LogP contribution < -0.4 is 5.32 Å². The van der Waals surface area contributed by atoms with Crippen LogP contribution in [0.3, 0.4) is 0 Å². The van der Waals surface area contributed by atoms with Gasteiger partial charge in [-0.1, -0.05) is 59.5 Å². The molecule has 0 radical (unpaired) electrons. The van der Waals surface area contributed by atoms with E-state index >= 15 is 0 Å². The van der Waals surface area contributed by atoms with Gasteiger partial charge in [-0.2, -0.15) is 0 Å². The standard InChI is InChI=1S/C17H12N2O3S3/c1-10-2-5-12(6-3-10)24-14-7-4-11(8-13(14)19(21)22)9-15-16(20)18-17(23)25-15/h2-9H,1H3,(H,18,20,23)/b15-9-. The smallest absolute Gasteiger partial charge is 0.283 e. The molecule has 1 aliphatic rings. The minimum Gasteiger partial charge on any atom is -0.307 e. The highest BCUT2D eigenvalue weighted by molar-refractivity contribution is 8.26. The van der Waals surface area contributed by atoms with Crippen molar-refractivity contribution in [2.24, 2.45) is 0 Å². The van der Waals surface area contributed by atoms with Crippen LogP contribution in [0, 0.1) is 17.0 Å². The molecule has 3 rings (SSSR count). The number of thioether (sulfide) groups is 1. The molecule has 2 aromatic rings. The van der Waals surface area contributed by atoms with Gasteiger partial charge < -0.3 is 5.32 Å². The molecule has 25 heavy (non-hydrogen) atoms. The van der Waals surface area contributed by atoms with Gasteiger partial charge in [0, 0.05) is 11.0 Å². The Bertz CT molecular complexity index is 908. The Balaban J connectivity index is 1.92. The van der Waals surface area contributed by atoms with Crippen molar-refractivity contribution in [2.45, 2.75) is 16.7 Å². The quantitative estimate of drug-likeness (QED) is 0.359. The zero-order valence-electron chi connectivity index (χ0n) is 13.0. The van der Waals surface area contributed by atoms with E-state index in [0.29, 0.717) is 19.7 Å². The summed E-state index contributed by atoms with van der Waals surface area (Å²) < 4.78 is 0.386. The summed E-state index contributed by atoms with van der Waals surface area (Å²) in [6, 6.07) is 12.7. The van der Waals surface area contributed by atoms with Crippen molar-refractivity contribution < 1.29 is 9.72 Å². The number of rotatable bonds is 4. The van der Waals surface area contributed by atoms with Crippen molar-refractivity contribution in [3.8, 4) is 0 Å². The van der Waals surface area contributed by atoms with E-state index in [1.807, 2.05) is 31.2 Å². The summed E-state index contributed by atoms with van der Waals surface area (Å²) in [5.41, 5.74) is 1.72. The van der Waals surface area contributed by atoms with E-state index in [1.54, 1.807) is 18.2 Å². The summed E-state index contributed by atoms with van der Waals surface area (Å²) in [7, 11) is 0. The first-order valence-electron chi connectivity index (χ1n) is 7.20. The molecule has 0 aromatic heterocycles. The van der Waals surface area contributed by atoms with Crippen LogP contribution in [-0.4, -0.2) is 15.2 Å². The molecule has 1 fully saturated rings. The molecule has 126 valence electrons. The largest absolute Gasteiger partial charge is 0.307 e. The van der Waals surface area contributed by atoms with Crippen LogP contribution in [-0.2, 0) is 4.79 Å². The summed E-state index contributed by atoms with van der Waals surface area (Å²) in [4.78, 5) is 24.7. The average Bonchev–Trinajstić information content (AvgIpc) is 2.88. The Morgan fingerprint density at radius 2 is 1.96 bits per heavy atom. The summed E-state index contributed by atoms with van der Waals surface area (Å²) in [6.07, 6.45) is 1.60. The second kappa shape index (κ2) is 7.38. The predicted molar refractivity (Wildman–Crippen MR) is 105 cm³/mol. The number of hydrogen-bond acceptors (Lipinski definition) is 6. The van der Waals surface area contributed by atoms with E-state index in [9.17, 15) is 14.9 Å². The number of nitro groups is 1. The summed E-state index contributed by atoms with van der Waals surface area (Å²) in [5, 5.41) is 14.0. The lowest BCUT2D eigenvalue weighted by molar-refractivity contribution is -0.387. The predicted octanol–water partition coefficient (Wildman–Crippen LogP) is 4.54. The van der Waals surface area contributed by atoms with E-state index in [4.69, 9.17) is 12.2 Å². The molecular weight excluding hydrogens is 376 g/mol. The lowest BCUT2D eigenvalue weighted by atomic mass is 10.2. The Hall–Kier alpha value is -2.16. The van der Waals surface area contributed by atoms with Crippen LogP contribution >= 0.6 is 35.7 Å². The third-order valence-electron chi connectivity index (χ3n) is 3.37. The normalized spacial score (nSPS) is 15.5. The van der Waals surface area contributed by atoms with Crippen molar-refractivity contribution in [1.82, 2.24) is 5.32 Å². The number of thiocarbonyl (C=S) groups is 1. The lowest BCUT2D eigenvalue weighted by Crippen LogP contribution is -2.17. The van der Waals surface area contributed by atoms with Crippen LogP contribution in [0.2, 0.25) is 0 Å². The number of nitro benzene ring substituents is 1. The van der Waals surface area contributed by atoms with E-state index < -0.39 is 4.92 Å². The van der Waals surface area contributed by atoms with Gasteiger partial charge in [-0.05, 0) is 36.8 Å². The molecule has 5 nitrogen and oxygen atoms in total. The number of benzene rings is 2. The Morgan fingerprint density at radius 3 is 2.56 bits per heavy atom. The Morgan fingerprint density at radius 1 is 1.24 bits per heavy atom. The molecule has 0 atom stereocenters. The molecule has 0 saturated carbocycles. The zero-order chi connectivity index (χ0) is 18.0. The summed E-state index contributed by atoms with van der Waals surface area (Å²) in [6.45, 7) is 1.99. The van der Waals surface area contributed by atoms with Crippen molar-refractivity contribution in [1.29, 1.82) is 0 Å². The number of carbonyl (C=O) groups excluding carboxylic acids is 1. The van der Waals surface area contributed by atoms with Crippen LogP contribution in [0.15, 0.2) is 57.2 Å². The fraction of sp³-hybridized carbons (Fsp3) is 0.0588. The van der Waals surface area contributed by atoms with Gasteiger partial charge in [0.2, 0.25) is 0 Å². The third kappa shape index (κ3) is 4.28.